The lowest BCUT2D eigenvalue weighted by molar-refractivity contribution is 0.722. The number of likely N-dealkylation sites (N-methyl/N-ethyl adjacent to an activating group) is 1. The number of rotatable bonds is 9. The van der Waals surface area contributed by atoms with Gasteiger partial charge in [-0.25, -0.2) is 14.4 Å². The van der Waals surface area contributed by atoms with Crippen LogP contribution in [0, 0.1) is 0 Å². The van der Waals surface area contributed by atoms with Gasteiger partial charge in [-0.3, -0.25) is 0 Å². The largest absolute Gasteiger partial charge is 0.387 e. The van der Waals surface area contributed by atoms with Crippen LogP contribution in [0.25, 0.3) is 17.2 Å². The number of piperidine rings is 1. The summed E-state index contributed by atoms with van der Waals surface area (Å²) in [5, 5.41) is 3.46. The standard InChI is InChI=1S/C34H42FN5/c1-8-25-11-10-12-26(9-2)30(25)17-27-14-16-40(34-38-19-28(20-39-34)22(3)4)21-31(27)33(36-7)24(6)29-13-15-37-32(29)23(5)18-35/h10-13,15,17-20,22,36-37H,6,8-9,14,16,21H2,1-5,7H3/b23-18-,27-17-,33-31-. The number of hydrogen-bond acceptors (Lipinski definition) is 4. The molecule has 2 N–H and O–H groups in total. The molecule has 4 rings (SSSR count). The molecule has 40 heavy (non-hydrogen) atoms. The maximum atomic E-state index is 13.5. The van der Waals surface area contributed by atoms with Gasteiger partial charge in [0.05, 0.1) is 12.0 Å². The van der Waals surface area contributed by atoms with Gasteiger partial charge in [0, 0.05) is 61.1 Å². The third-order valence-corrected chi connectivity index (χ3v) is 7.85. The zero-order valence-electron chi connectivity index (χ0n) is 24.7. The molecule has 0 spiro atoms. The number of nitrogens with one attached hydrogen (secondary N) is 2. The van der Waals surface area contributed by atoms with Crippen molar-refractivity contribution in [3.8, 4) is 0 Å². The lowest BCUT2D eigenvalue weighted by atomic mass is 9.87. The van der Waals surface area contributed by atoms with E-state index in [2.05, 4.69) is 73.7 Å². The van der Waals surface area contributed by atoms with Gasteiger partial charge in [-0.2, -0.15) is 0 Å². The van der Waals surface area contributed by atoms with Crippen molar-refractivity contribution in [2.75, 3.05) is 25.0 Å². The van der Waals surface area contributed by atoms with Crippen LogP contribution < -0.4 is 10.2 Å². The van der Waals surface area contributed by atoms with E-state index in [1.54, 1.807) is 6.92 Å². The number of H-pyrrole nitrogens is 1. The predicted octanol–water partition coefficient (Wildman–Crippen LogP) is 7.86. The van der Waals surface area contributed by atoms with E-state index < -0.39 is 0 Å². The highest BCUT2D eigenvalue weighted by atomic mass is 19.1. The van der Waals surface area contributed by atoms with Crippen molar-refractivity contribution in [2.24, 2.45) is 0 Å². The summed E-state index contributed by atoms with van der Waals surface area (Å²) >= 11 is 0. The molecule has 0 radical (unpaired) electrons. The summed E-state index contributed by atoms with van der Waals surface area (Å²) in [6.07, 6.45) is 11.5. The number of aromatic nitrogens is 3. The first-order chi connectivity index (χ1) is 19.3. The minimum absolute atomic E-state index is 0.378. The number of aromatic amines is 1. The lowest BCUT2D eigenvalue weighted by Crippen LogP contribution is -2.35. The molecule has 1 aliphatic rings. The molecule has 0 atom stereocenters. The highest BCUT2D eigenvalue weighted by molar-refractivity contribution is 5.86. The lowest BCUT2D eigenvalue weighted by Gasteiger charge is -2.33. The maximum absolute atomic E-state index is 13.5. The fourth-order valence-corrected chi connectivity index (χ4v) is 5.40. The summed E-state index contributed by atoms with van der Waals surface area (Å²) in [4.78, 5) is 14.9. The topological polar surface area (TPSA) is 56.8 Å². The Kier molecular flexibility index (Phi) is 9.41. The van der Waals surface area contributed by atoms with Gasteiger partial charge in [-0.1, -0.05) is 58.5 Å². The van der Waals surface area contributed by atoms with Gasteiger partial charge in [-0.15, -0.1) is 0 Å². The molecule has 0 unspecified atom stereocenters. The van der Waals surface area contributed by atoms with Crippen molar-refractivity contribution in [3.05, 3.63) is 106 Å². The average Bonchev–Trinajstić information content (AvgIpc) is 3.48. The Morgan fingerprint density at radius 3 is 2.40 bits per heavy atom. The van der Waals surface area contributed by atoms with E-state index in [4.69, 9.17) is 9.97 Å². The van der Waals surface area contributed by atoms with E-state index in [0.717, 1.165) is 65.4 Å². The zero-order valence-corrected chi connectivity index (χ0v) is 24.7. The summed E-state index contributed by atoms with van der Waals surface area (Å²) in [6, 6.07) is 8.57. The van der Waals surface area contributed by atoms with Gasteiger partial charge in [-0.05, 0) is 71.6 Å². The molecule has 1 fully saturated rings. The molecule has 0 bridgehead atoms. The van der Waals surface area contributed by atoms with Gasteiger partial charge in [0.2, 0.25) is 5.95 Å². The Labute approximate surface area is 238 Å². The fraction of sp³-hybridized carbons (Fsp3) is 0.353. The Hall–Kier alpha value is -3.93. The van der Waals surface area contributed by atoms with Gasteiger partial charge < -0.3 is 15.2 Å². The quantitative estimate of drug-likeness (QED) is 0.291. The molecule has 210 valence electrons. The molecule has 2 aromatic heterocycles. The molecule has 0 amide bonds. The number of hydrogen-bond donors (Lipinski definition) is 2. The van der Waals surface area contributed by atoms with Gasteiger partial charge in [0.1, 0.15) is 0 Å². The first-order valence-electron chi connectivity index (χ1n) is 14.3. The smallest absolute Gasteiger partial charge is 0.225 e. The third kappa shape index (κ3) is 5.96. The summed E-state index contributed by atoms with van der Waals surface area (Å²) in [6.45, 7) is 16.4. The van der Waals surface area contributed by atoms with Gasteiger partial charge in [0.15, 0.2) is 0 Å². The SMILES string of the molecule is C=C(/C(NC)=C1\CN(c2ncc(C(C)C)cn2)CC\C1=C\c1c(CC)cccc1CC)c1cc[nH]c1/C(C)=C\F. The van der Waals surface area contributed by atoms with Crippen LogP contribution in [0.2, 0.25) is 0 Å². The monoisotopic (exact) mass is 539 g/mol. The van der Waals surface area contributed by atoms with Gasteiger partial charge >= 0.3 is 0 Å². The van der Waals surface area contributed by atoms with E-state index >= 15 is 0 Å². The summed E-state index contributed by atoms with van der Waals surface area (Å²) in [5.74, 6) is 1.10. The number of benzene rings is 1. The molecular formula is C34H42FN5. The summed E-state index contributed by atoms with van der Waals surface area (Å²) < 4.78 is 13.5. The third-order valence-electron chi connectivity index (χ3n) is 7.85. The molecule has 0 aliphatic carbocycles. The van der Waals surface area contributed by atoms with Crippen LogP contribution in [-0.2, 0) is 12.8 Å². The highest BCUT2D eigenvalue weighted by Crippen LogP contribution is 2.36. The van der Waals surface area contributed by atoms with Crippen LogP contribution in [0.5, 0.6) is 0 Å². The van der Waals surface area contributed by atoms with Crippen LogP contribution in [0.3, 0.4) is 0 Å². The van der Waals surface area contributed by atoms with Crippen LogP contribution in [0.1, 0.15) is 80.5 Å². The summed E-state index contributed by atoms with van der Waals surface area (Å²) in [5.41, 5.74) is 11.5. The molecule has 1 saturated heterocycles. The van der Waals surface area contributed by atoms with E-state index in [1.807, 2.05) is 31.7 Å². The minimum atomic E-state index is 0.378. The number of allylic oxidation sites excluding steroid dienone is 2. The average molecular weight is 540 g/mol. The second-order valence-electron chi connectivity index (χ2n) is 10.6. The Bertz CT molecular complexity index is 1420. The Balaban J connectivity index is 1.86. The molecule has 3 aromatic rings. The van der Waals surface area contributed by atoms with E-state index in [9.17, 15) is 4.39 Å². The second kappa shape index (κ2) is 12.9. The van der Waals surface area contributed by atoms with E-state index in [1.165, 1.54) is 22.3 Å². The van der Waals surface area contributed by atoms with Crippen LogP contribution >= 0.6 is 0 Å². The minimum Gasteiger partial charge on any atom is -0.387 e. The Morgan fingerprint density at radius 1 is 1.15 bits per heavy atom. The molecule has 6 heteroatoms. The fourth-order valence-electron chi connectivity index (χ4n) is 5.40. The van der Waals surface area contributed by atoms with Crippen molar-refractivity contribution < 1.29 is 4.39 Å². The Morgan fingerprint density at radius 2 is 1.82 bits per heavy atom. The normalized spacial score (nSPS) is 16.6. The first kappa shape index (κ1) is 29.1. The van der Waals surface area contributed by atoms with E-state index in [-0.39, 0.29) is 0 Å². The van der Waals surface area contributed by atoms with Crippen molar-refractivity contribution in [1.82, 2.24) is 20.3 Å². The zero-order chi connectivity index (χ0) is 28.8. The molecule has 5 nitrogen and oxygen atoms in total. The number of aryl methyl sites for hydroxylation is 2. The van der Waals surface area contributed by atoms with Crippen molar-refractivity contribution >= 4 is 23.2 Å². The van der Waals surface area contributed by atoms with Gasteiger partial charge in [0.25, 0.3) is 0 Å². The predicted molar refractivity (Wildman–Crippen MR) is 167 cm³/mol. The van der Waals surface area contributed by atoms with Crippen molar-refractivity contribution in [2.45, 2.75) is 59.8 Å². The van der Waals surface area contributed by atoms with Crippen molar-refractivity contribution in [1.29, 1.82) is 0 Å². The van der Waals surface area contributed by atoms with E-state index in [0.29, 0.717) is 24.4 Å². The van der Waals surface area contributed by atoms with Crippen LogP contribution in [-0.4, -0.2) is 35.1 Å². The molecule has 1 aliphatic heterocycles. The second-order valence-corrected chi connectivity index (χ2v) is 10.6. The number of nitrogens with zero attached hydrogens (tertiary/aromatic N) is 3. The van der Waals surface area contributed by atoms with Crippen LogP contribution in [0.15, 0.2) is 72.6 Å². The molecule has 0 saturated carbocycles. The van der Waals surface area contributed by atoms with Crippen LogP contribution in [0.4, 0.5) is 10.3 Å². The van der Waals surface area contributed by atoms with Crippen molar-refractivity contribution in [3.63, 3.8) is 0 Å². The number of halogens is 1. The maximum Gasteiger partial charge on any atom is 0.225 e. The molecular weight excluding hydrogens is 497 g/mol. The molecule has 3 heterocycles. The summed E-state index contributed by atoms with van der Waals surface area (Å²) in [7, 11) is 1.93. The first-order valence-corrected chi connectivity index (χ1v) is 14.3. The molecule has 1 aromatic carbocycles. The number of anilines is 1. The highest BCUT2D eigenvalue weighted by Gasteiger charge is 2.26.